The lowest BCUT2D eigenvalue weighted by Crippen LogP contribution is -2.44. The molecule has 3 aromatic heterocycles. The van der Waals surface area contributed by atoms with Crippen LogP contribution in [0.1, 0.15) is 37.6 Å². The van der Waals surface area contributed by atoms with Crippen LogP contribution in [0.3, 0.4) is 0 Å². The summed E-state index contributed by atoms with van der Waals surface area (Å²) in [5, 5.41) is 11.0. The number of carbonyl (C=O) groups excluding carboxylic acids is 1. The van der Waals surface area contributed by atoms with Gasteiger partial charge in [-0.1, -0.05) is 51.1 Å². The van der Waals surface area contributed by atoms with Crippen molar-refractivity contribution >= 4 is 11.6 Å². The highest BCUT2D eigenvalue weighted by atomic mass is 16.1. The minimum absolute atomic E-state index is 0.114. The second-order valence-corrected chi connectivity index (χ2v) is 8.45. The Balaban J connectivity index is 1.57. The van der Waals surface area contributed by atoms with Crippen LogP contribution in [0.15, 0.2) is 67.1 Å². The number of nitrogens with one attached hydrogen (secondary N) is 2. The first-order chi connectivity index (χ1) is 16.1. The van der Waals surface area contributed by atoms with E-state index in [1.54, 1.807) is 29.0 Å². The average molecular weight is 443 g/mol. The Morgan fingerprint density at radius 2 is 1.91 bits per heavy atom. The largest absolute Gasteiger partial charge is 0.350 e. The molecule has 4 rings (SSSR count). The van der Waals surface area contributed by atoms with Crippen molar-refractivity contribution in [2.24, 2.45) is 5.92 Å². The molecule has 170 valence electrons. The molecule has 3 heterocycles. The van der Waals surface area contributed by atoms with Gasteiger partial charge in [-0.05, 0) is 37.1 Å². The Labute approximate surface area is 194 Å². The molecule has 0 aliphatic carbocycles. The summed E-state index contributed by atoms with van der Waals surface area (Å²) in [5.74, 6) is 0.311. The van der Waals surface area contributed by atoms with Crippen LogP contribution in [0, 0.1) is 5.92 Å². The van der Waals surface area contributed by atoms with Crippen LogP contribution in [0.5, 0.6) is 0 Å². The Kier molecular flexibility index (Phi) is 7.10. The van der Waals surface area contributed by atoms with E-state index in [0.717, 1.165) is 29.8 Å². The second-order valence-electron chi connectivity index (χ2n) is 8.45. The van der Waals surface area contributed by atoms with Gasteiger partial charge in [0.1, 0.15) is 0 Å². The van der Waals surface area contributed by atoms with Gasteiger partial charge < -0.3 is 10.6 Å². The zero-order valence-corrected chi connectivity index (χ0v) is 19.3. The molecule has 0 aliphatic heterocycles. The lowest BCUT2D eigenvalue weighted by atomic mass is 10.0. The third kappa shape index (κ3) is 5.26. The smallest absolute Gasteiger partial charge is 0.251 e. The first-order valence-electron chi connectivity index (χ1n) is 11.4. The third-order valence-corrected chi connectivity index (χ3v) is 5.68. The number of rotatable bonds is 9. The molecule has 2 N–H and O–H groups in total. The van der Waals surface area contributed by atoms with Gasteiger partial charge in [0.25, 0.3) is 5.91 Å². The zero-order valence-electron chi connectivity index (χ0n) is 19.3. The first kappa shape index (κ1) is 22.6. The van der Waals surface area contributed by atoms with Crippen LogP contribution < -0.4 is 10.6 Å². The fraction of sp³-hybridized carbons (Fsp3) is 0.308. The summed E-state index contributed by atoms with van der Waals surface area (Å²) >= 11 is 0. The average Bonchev–Trinajstić information content (AvgIpc) is 3.27. The fourth-order valence-corrected chi connectivity index (χ4v) is 3.72. The van der Waals surface area contributed by atoms with Crippen molar-refractivity contribution in [1.82, 2.24) is 30.2 Å². The van der Waals surface area contributed by atoms with Gasteiger partial charge in [0.05, 0.1) is 23.1 Å². The maximum atomic E-state index is 12.9. The molecule has 0 saturated carbocycles. The van der Waals surface area contributed by atoms with Gasteiger partial charge in [-0.2, -0.15) is 5.10 Å². The second kappa shape index (κ2) is 10.4. The predicted octanol–water partition coefficient (Wildman–Crippen LogP) is 4.21. The van der Waals surface area contributed by atoms with Gasteiger partial charge in [-0.15, -0.1) is 0 Å². The van der Waals surface area contributed by atoms with Gasteiger partial charge in [0.15, 0.2) is 5.65 Å². The minimum Gasteiger partial charge on any atom is -0.350 e. The van der Waals surface area contributed by atoms with E-state index >= 15 is 0 Å². The molecule has 0 aliphatic rings. The number of nitrogens with zero attached hydrogens (tertiary/aromatic N) is 4. The maximum absolute atomic E-state index is 12.9. The van der Waals surface area contributed by atoms with E-state index in [1.165, 1.54) is 0 Å². The van der Waals surface area contributed by atoms with Crippen LogP contribution in [0.25, 0.3) is 28.2 Å². The van der Waals surface area contributed by atoms with Gasteiger partial charge in [-0.3, -0.25) is 9.78 Å². The fourth-order valence-electron chi connectivity index (χ4n) is 3.72. The summed E-state index contributed by atoms with van der Waals surface area (Å²) in [6.07, 6.45) is 6.35. The predicted molar refractivity (Wildman–Crippen MR) is 131 cm³/mol. The van der Waals surface area contributed by atoms with E-state index in [-0.39, 0.29) is 11.9 Å². The number of hydrogen-bond acceptors (Lipinski definition) is 5. The third-order valence-electron chi connectivity index (χ3n) is 5.68. The topological polar surface area (TPSA) is 84.2 Å². The molecule has 1 atom stereocenters. The van der Waals surface area contributed by atoms with Crippen LogP contribution in [-0.2, 0) is 0 Å². The van der Waals surface area contributed by atoms with E-state index < -0.39 is 0 Å². The van der Waals surface area contributed by atoms with Crippen molar-refractivity contribution in [3.63, 3.8) is 0 Å². The Morgan fingerprint density at radius 1 is 1.09 bits per heavy atom. The normalized spacial score (nSPS) is 12.2. The van der Waals surface area contributed by atoms with Crippen molar-refractivity contribution in [3.05, 3.63) is 72.7 Å². The van der Waals surface area contributed by atoms with Crippen LogP contribution >= 0.6 is 0 Å². The molecule has 7 heteroatoms. The number of fused-ring (bicyclic) bond motifs is 1. The van der Waals surface area contributed by atoms with Gasteiger partial charge in [0.2, 0.25) is 0 Å². The van der Waals surface area contributed by atoms with E-state index in [2.05, 4.69) is 41.5 Å². The SMILES string of the molecule is CCCNC(CNC(=O)c1ccnc(-c2cnn3ccc(-c4ccccc4)nc23)c1)C(C)C. The molecule has 1 unspecified atom stereocenters. The Bertz CT molecular complexity index is 1220. The summed E-state index contributed by atoms with van der Waals surface area (Å²) in [6.45, 7) is 7.97. The molecule has 33 heavy (non-hydrogen) atoms. The summed E-state index contributed by atoms with van der Waals surface area (Å²) < 4.78 is 1.73. The lowest BCUT2D eigenvalue weighted by molar-refractivity contribution is 0.0946. The number of aromatic nitrogens is 4. The van der Waals surface area contributed by atoms with Crippen LogP contribution in [0.2, 0.25) is 0 Å². The molecule has 1 aromatic carbocycles. The Hall–Kier alpha value is -3.58. The number of benzene rings is 1. The highest BCUT2D eigenvalue weighted by Crippen LogP contribution is 2.25. The highest BCUT2D eigenvalue weighted by Gasteiger charge is 2.16. The summed E-state index contributed by atoms with van der Waals surface area (Å²) in [6, 6.07) is 15.7. The standard InChI is InChI=1S/C26H30N6O/c1-4-12-27-24(18(2)3)17-29-26(33)20-10-13-28-23(15-20)21-16-30-32-14-11-22(31-25(21)32)19-8-6-5-7-9-19/h5-11,13-16,18,24,27H,4,12,17H2,1-3H3,(H,29,33). The number of hydrogen-bond donors (Lipinski definition) is 2. The summed E-state index contributed by atoms with van der Waals surface area (Å²) in [4.78, 5) is 22.2. The van der Waals surface area contributed by atoms with Gasteiger partial charge in [-0.25, -0.2) is 9.50 Å². The van der Waals surface area contributed by atoms with Crippen molar-refractivity contribution in [3.8, 4) is 22.5 Å². The number of amides is 1. The molecule has 0 saturated heterocycles. The van der Waals surface area contributed by atoms with Crippen molar-refractivity contribution in [1.29, 1.82) is 0 Å². The zero-order chi connectivity index (χ0) is 23.2. The van der Waals surface area contributed by atoms with Gasteiger partial charge in [0, 0.05) is 36.1 Å². The van der Waals surface area contributed by atoms with E-state index in [1.807, 2.05) is 42.6 Å². The molecular weight excluding hydrogens is 412 g/mol. The molecule has 4 aromatic rings. The number of carbonyl (C=O) groups is 1. The number of pyridine rings is 1. The van der Waals surface area contributed by atoms with Crippen molar-refractivity contribution < 1.29 is 4.79 Å². The highest BCUT2D eigenvalue weighted by molar-refractivity contribution is 5.95. The molecule has 0 radical (unpaired) electrons. The van der Waals surface area contributed by atoms with Crippen LogP contribution in [0.4, 0.5) is 0 Å². The minimum atomic E-state index is -0.114. The molecule has 7 nitrogen and oxygen atoms in total. The monoisotopic (exact) mass is 442 g/mol. The van der Waals surface area contributed by atoms with E-state index in [0.29, 0.717) is 29.4 Å². The molecule has 0 spiro atoms. The molecular formula is C26H30N6O. The maximum Gasteiger partial charge on any atom is 0.251 e. The van der Waals surface area contributed by atoms with E-state index in [4.69, 9.17) is 4.98 Å². The summed E-state index contributed by atoms with van der Waals surface area (Å²) in [7, 11) is 0. The Morgan fingerprint density at radius 3 is 2.67 bits per heavy atom. The van der Waals surface area contributed by atoms with Crippen molar-refractivity contribution in [2.45, 2.75) is 33.2 Å². The van der Waals surface area contributed by atoms with Gasteiger partial charge >= 0.3 is 0 Å². The first-order valence-corrected chi connectivity index (χ1v) is 11.4. The quantitative estimate of drug-likeness (QED) is 0.406. The lowest BCUT2D eigenvalue weighted by Gasteiger charge is -2.22. The molecule has 0 fully saturated rings. The summed E-state index contributed by atoms with van der Waals surface area (Å²) in [5.41, 5.74) is 4.61. The molecule has 0 bridgehead atoms. The van der Waals surface area contributed by atoms with Crippen molar-refractivity contribution in [2.75, 3.05) is 13.1 Å². The molecule has 1 amide bonds. The van der Waals surface area contributed by atoms with Crippen LogP contribution in [-0.4, -0.2) is 44.6 Å². The van der Waals surface area contributed by atoms with E-state index in [9.17, 15) is 4.79 Å².